The van der Waals surface area contributed by atoms with Gasteiger partial charge in [0.15, 0.2) is 18.6 Å². The molecule has 3 N–H and O–H groups in total. The lowest BCUT2D eigenvalue weighted by atomic mass is 10.3. The Morgan fingerprint density at radius 1 is 0.652 bits per heavy atom. The third-order valence-corrected chi connectivity index (χ3v) is 1.30. The zero-order chi connectivity index (χ0) is 18.4. The summed E-state index contributed by atoms with van der Waals surface area (Å²) in [5.74, 6) is 0.197. The summed E-state index contributed by atoms with van der Waals surface area (Å²) >= 11 is 0. The van der Waals surface area contributed by atoms with Crippen LogP contribution in [0.15, 0.2) is 55.0 Å². The van der Waals surface area contributed by atoms with Crippen LogP contribution < -0.4 is 9.97 Å². The van der Waals surface area contributed by atoms with Gasteiger partial charge in [-0.15, -0.1) is 0 Å². The van der Waals surface area contributed by atoms with Crippen LogP contribution in [0.25, 0.3) is 0 Å². The maximum absolute atomic E-state index is 9.75. The molecule has 2 rings (SSSR count). The van der Waals surface area contributed by atoms with E-state index in [1.807, 2.05) is 30.6 Å². The van der Waals surface area contributed by atoms with Gasteiger partial charge < -0.3 is 39.6 Å². The monoisotopic (exact) mass is 350 g/mol. The number of hydrogen-bond donors (Lipinski definition) is 1. The summed E-state index contributed by atoms with van der Waals surface area (Å²) in [6, 6.07) is 11.0. The highest BCUT2D eigenvalue weighted by atomic mass is 19.5. The fourth-order valence-electron chi connectivity index (χ4n) is 0.726. The van der Waals surface area contributed by atoms with E-state index in [2.05, 4.69) is 9.97 Å². The van der Waals surface area contributed by atoms with E-state index in [9.17, 15) is 34.5 Å². The van der Waals surface area contributed by atoms with Gasteiger partial charge in [0.25, 0.3) is 0 Å². The van der Waals surface area contributed by atoms with Crippen molar-refractivity contribution in [3.8, 4) is 5.88 Å². The van der Waals surface area contributed by atoms with E-state index in [4.69, 9.17) is 5.11 Å². The van der Waals surface area contributed by atoms with Gasteiger partial charge >= 0.3 is 20.4 Å². The van der Waals surface area contributed by atoms with Crippen LogP contribution in [0.4, 0.5) is 34.5 Å². The first-order valence-corrected chi connectivity index (χ1v) is 5.71. The molecule has 0 fully saturated rings. The van der Waals surface area contributed by atoms with Gasteiger partial charge in [0.05, 0.1) is 6.07 Å². The summed E-state index contributed by atoms with van der Waals surface area (Å²) in [6.45, 7) is 0. The number of aromatic nitrogens is 2. The Morgan fingerprint density at radius 2 is 1.04 bits per heavy atom. The smallest absolute Gasteiger partial charge is 0.460 e. The second-order valence-corrected chi connectivity index (χ2v) is 3.31. The van der Waals surface area contributed by atoms with Gasteiger partial charge in [-0.2, -0.15) is 4.98 Å². The van der Waals surface area contributed by atoms with Gasteiger partial charge in [0.2, 0.25) is 0 Å². The van der Waals surface area contributed by atoms with Crippen LogP contribution >= 0.6 is 0 Å². The van der Waals surface area contributed by atoms with Crippen LogP contribution in [-0.4, -0.2) is 19.6 Å². The maximum atomic E-state index is 9.75. The average Bonchev–Trinajstić information content (AvgIpc) is 2.38. The van der Waals surface area contributed by atoms with E-state index in [1.54, 1.807) is 24.4 Å². The number of halogens is 8. The molecule has 0 radical (unpaired) electrons. The van der Waals surface area contributed by atoms with Crippen LogP contribution in [0.3, 0.4) is 0 Å². The van der Waals surface area contributed by atoms with Gasteiger partial charge in [0, 0.05) is 18.2 Å². The highest BCUT2D eigenvalue weighted by molar-refractivity contribution is 6.50. The molecule has 0 aromatic carbocycles. The minimum Gasteiger partial charge on any atom is -0.460 e. The molecule has 0 aliphatic heterocycles. The molecule has 130 valence electrons. The predicted molar refractivity (Wildman–Crippen MR) is 68.0 cm³/mol. The number of H-pyrrole nitrogens is 2. The number of pyridine rings is 2. The van der Waals surface area contributed by atoms with Crippen LogP contribution in [0.2, 0.25) is 0 Å². The van der Waals surface area contributed by atoms with Gasteiger partial charge in [-0.3, -0.25) is 0 Å². The predicted octanol–water partition coefficient (Wildman–Crippen LogP) is 3.31. The SMILES string of the molecule is F[B-](F)(F)F.F[B-](F)(F)F.Oc1cccc[nH+]1.c1cc[nH+]cc1. The van der Waals surface area contributed by atoms with Crippen LogP contribution in [0.1, 0.15) is 0 Å². The Labute approximate surface area is 126 Å². The molecular weight excluding hydrogens is 338 g/mol. The summed E-state index contributed by atoms with van der Waals surface area (Å²) in [7, 11) is -12.0. The molecule has 2 aromatic heterocycles. The lowest BCUT2D eigenvalue weighted by Crippen LogP contribution is -2.02. The zero-order valence-corrected chi connectivity index (χ0v) is 11.3. The Balaban J connectivity index is 0. The van der Waals surface area contributed by atoms with Crippen molar-refractivity contribution >= 4 is 14.5 Å². The number of aromatic hydroxyl groups is 1. The lowest BCUT2D eigenvalue weighted by Gasteiger charge is -1.94. The number of hydrogen-bond acceptors (Lipinski definition) is 1. The van der Waals surface area contributed by atoms with Crippen molar-refractivity contribution < 1.29 is 49.6 Å². The van der Waals surface area contributed by atoms with E-state index in [0.717, 1.165) is 0 Å². The van der Waals surface area contributed by atoms with Crippen LogP contribution in [-0.2, 0) is 0 Å². The number of nitrogens with one attached hydrogen (secondary N) is 2. The first kappa shape index (κ1) is 22.9. The minimum atomic E-state index is -6.00. The van der Waals surface area contributed by atoms with Gasteiger partial charge in [-0.1, -0.05) is 6.07 Å². The molecule has 0 atom stereocenters. The lowest BCUT2D eigenvalue weighted by molar-refractivity contribution is -0.394. The van der Waals surface area contributed by atoms with Crippen molar-refractivity contribution in [2.24, 2.45) is 0 Å². The Morgan fingerprint density at radius 3 is 1.17 bits per heavy atom. The normalized spacial score (nSPS) is 9.91. The number of rotatable bonds is 0. The topological polar surface area (TPSA) is 48.5 Å². The fraction of sp³-hybridized carbons (Fsp3) is 0. The number of aromatic amines is 2. The van der Waals surface area contributed by atoms with Crippen molar-refractivity contribution in [1.82, 2.24) is 0 Å². The first-order valence-electron chi connectivity index (χ1n) is 5.71. The molecule has 0 saturated heterocycles. The van der Waals surface area contributed by atoms with E-state index < -0.39 is 14.5 Å². The summed E-state index contributed by atoms with van der Waals surface area (Å²) in [5.41, 5.74) is 0. The summed E-state index contributed by atoms with van der Waals surface area (Å²) in [6.07, 6.45) is 5.41. The third-order valence-electron chi connectivity index (χ3n) is 1.30. The second-order valence-electron chi connectivity index (χ2n) is 3.31. The Kier molecular flexibility index (Phi) is 12.2. The summed E-state index contributed by atoms with van der Waals surface area (Å²) in [4.78, 5) is 5.48. The van der Waals surface area contributed by atoms with Crippen molar-refractivity contribution in [1.29, 1.82) is 0 Å². The minimum absolute atomic E-state index is 0.197. The van der Waals surface area contributed by atoms with Gasteiger partial charge in [-0.05, 0) is 6.07 Å². The van der Waals surface area contributed by atoms with Crippen molar-refractivity contribution in [3.63, 3.8) is 0 Å². The Hall–Kier alpha value is -2.33. The van der Waals surface area contributed by atoms with Crippen molar-refractivity contribution in [2.75, 3.05) is 0 Å². The highest BCUT2D eigenvalue weighted by Gasteiger charge is 2.21. The molecule has 2 heterocycles. The second kappa shape index (κ2) is 12.2. The molecular formula is C10H12B2F8N2O. The fourth-order valence-corrected chi connectivity index (χ4v) is 0.726. The molecule has 0 unspecified atom stereocenters. The molecule has 0 bridgehead atoms. The molecule has 0 aliphatic carbocycles. The first-order chi connectivity index (χ1) is 10.4. The van der Waals surface area contributed by atoms with Crippen molar-refractivity contribution in [2.45, 2.75) is 0 Å². The van der Waals surface area contributed by atoms with Crippen LogP contribution in [0, 0.1) is 0 Å². The summed E-state index contributed by atoms with van der Waals surface area (Å²) in [5, 5.41) is 8.58. The molecule has 0 spiro atoms. The van der Waals surface area contributed by atoms with E-state index in [-0.39, 0.29) is 5.88 Å². The highest BCUT2D eigenvalue weighted by Crippen LogP contribution is 2.07. The van der Waals surface area contributed by atoms with E-state index >= 15 is 0 Å². The molecule has 23 heavy (non-hydrogen) atoms. The van der Waals surface area contributed by atoms with Crippen molar-refractivity contribution in [3.05, 3.63) is 55.0 Å². The zero-order valence-electron chi connectivity index (χ0n) is 11.3. The Bertz CT molecular complexity index is 433. The molecule has 3 nitrogen and oxygen atoms in total. The largest absolute Gasteiger partial charge is 0.673 e. The summed E-state index contributed by atoms with van der Waals surface area (Å²) < 4.78 is 78.0. The van der Waals surface area contributed by atoms with Gasteiger partial charge in [-0.25, -0.2) is 4.98 Å². The molecule has 0 amide bonds. The third kappa shape index (κ3) is 45.1. The van der Waals surface area contributed by atoms with E-state index in [0.29, 0.717) is 0 Å². The van der Waals surface area contributed by atoms with Crippen LogP contribution in [0.5, 0.6) is 5.88 Å². The van der Waals surface area contributed by atoms with Gasteiger partial charge in [0.1, 0.15) is 0 Å². The molecule has 13 heteroatoms. The standard InChI is InChI=1S/C5H5NO.C5H5N.2BF4/c7-5-3-1-2-4-6-5;1-2-4-6-5-3-1;2*2-1(3,4)5/h1-4H,(H,6,7);1-5H;;/q;;2*-1/p+2. The molecule has 0 aliphatic rings. The molecule has 2 aromatic rings. The van der Waals surface area contributed by atoms with E-state index in [1.165, 1.54) is 0 Å². The molecule has 0 saturated carbocycles. The maximum Gasteiger partial charge on any atom is 0.673 e. The average molecular weight is 350 g/mol. The quantitative estimate of drug-likeness (QED) is 0.575.